The van der Waals surface area contributed by atoms with Crippen LogP contribution < -0.4 is 4.74 Å². The van der Waals surface area contributed by atoms with Crippen LogP contribution >= 0.6 is 0 Å². The highest BCUT2D eigenvalue weighted by Gasteiger charge is 2.19. The molecule has 0 aliphatic heterocycles. The lowest BCUT2D eigenvalue weighted by atomic mass is 10.1. The molecule has 3 aromatic rings. The van der Waals surface area contributed by atoms with Gasteiger partial charge in [0.25, 0.3) is 0 Å². The van der Waals surface area contributed by atoms with Gasteiger partial charge < -0.3 is 4.74 Å². The van der Waals surface area contributed by atoms with Gasteiger partial charge in [-0.15, -0.1) is 0 Å². The van der Waals surface area contributed by atoms with Crippen molar-refractivity contribution in [3.8, 4) is 16.9 Å². The maximum absolute atomic E-state index is 12.4. The van der Waals surface area contributed by atoms with Crippen LogP contribution in [-0.4, -0.2) is 5.97 Å². The predicted molar refractivity (Wildman–Crippen MR) is 105 cm³/mol. The van der Waals surface area contributed by atoms with Crippen LogP contribution in [0.5, 0.6) is 5.75 Å². The summed E-state index contributed by atoms with van der Waals surface area (Å²) in [6, 6.07) is 22.1. The van der Waals surface area contributed by atoms with Crippen LogP contribution in [0.4, 0.5) is 0 Å². The second-order valence-corrected chi connectivity index (χ2v) is 6.84. The molecule has 26 heavy (non-hydrogen) atoms. The van der Waals surface area contributed by atoms with Crippen molar-refractivity contribution in [3.63, 3.8) is 0 Å². The third kappa shape index (κ3) is 3.28. The van der Waals surface area contributed by atoms with Gasteiger partial charge in [-0.2, -0.15) is 0 Å². The molecule has 1 aliphatic carbocycles. The minimum Gasteiger partial charge on any atom is -0.423 e. The fraction of sp³-hybridized carbons (Fsp3) is 0.208. The van der Waals surface area contributed by atoms with Crippen LogP contribution in [0.3, 0.4) is 0 Å². The first kappa shape index (κ1) is 16.6. The highest BCUT2D eigenvalue weighted by molar-refractivity contribution is 5.91. The smallest absolute Gasteiger partial charge is 0.343 e. The maximum Gasteiger partial charge on any atom is 0.343 e. The number of ether oxygens (including phenoxy) is 1. The summed E-state index contributed by atoms with van der Waals surface area (Å²) >= 11 is 0. The Morgan fingerprint density at radius 1 is 0.923 bits per heavy atom. The fourth-order valence-corrected chi connectivity index (χ4v) is 3.54. The zero-order chi connectivity index (χ0) is 17.9. The van der Waals surface area contributed by atoms with E-state index < -0.39 is 0 Å². The molecule has 0 amide bonds. The van der Waals surface area contributed by atoms with E-state index in [4.69, 9.17) is 4.74 Å². The average Bonchev–Trinajstić information content (AvgIpc) is 3.04. The molecule has 3 aromatic carbocycles. The average molecular weight is 342 g/mol. The Morgan fingerprint density at radius 3 is 2.50 bits per heavy atom. The standard InChI is InChI=1S/C24H22O2/c1-2-3-6-17-9-11-18(12-10-17)24(25)26-21-13-14-23-20(16-21)15-19-7-4-5-8-22(19)23/h4-5,7-14,16H,2-3,6,15H2,1H3. The molecular formula is C24H22O2. The summed E-state index contributed by atoms with van der Waals surface area (Å²) in [6.07, 6.45) is 4.29. The highest BCUT2D eigenvalue weighted by Crippen LogP contribution is 2.38. The van der Waals surface area contributed by atoms with Gasteiger partial charge in [0.1, 0.15) is 5.75 Å². The second kappa shape index (κ2) is 7.17. The molecule has 0 fully saturated rings. The topological polar surface area (TPSA) is 26.3 Å². The number of aryl methyl sites for hydroxylation is 1. The van der Waals surface area contributed by atoms with Crippen molar-refractivity contribution in [1.29, 1.82) is 0 Å². The number of carbonyl (C=O) groups excluding carboxylic acids is 1. The normalized spacial score (nSPS) is 11.7. The molecule has 2 nitrogen and oxygen atoms in total. The number of esters is 1. The Kier molecular flexibility index (Phi) is 4.57. The number of unbranched alkanes of at least 4 members (excludes halogenated alkanes) is 1. The highest BCUT2D eigenvalue weighted by atomic mass is 16.5. The van der Waals surface area contributed by atoms with Gasteiger partial charge in [0.2, 0.25) is 0 Å². The van der Waals surface area contributed by atoms with Crippen LogP contribution in [0.2, 0.25) is 0 Å². The first-order valence-corrected chi connectivity index (χ1v) is 9.27. The van der Waals surface area contributed by atoms with Crippen molar-refractivity contribution in [2.45, 2.75) is 32.6 Å². The number of carbonyl (C=O) groups is 1. The summed E-state index contributed by atoms with van der Waals surface area (Å²) in [6.45, 7) is 2.18. The van der Waals surface area contributed by atoms with E-state index in [1.165, 1.54) is 40.7 Å². The number of rotatable bonds is 5. The summed E-state index contributed by atoms with van der Waals surface area (Å²) in [7, 11) is 0. The monoisotopic (exact) mass is 342 g/mol. The van der Waals surface area contributed by atoms with Gasteiger partial charge in [-0.25, -0.2) is 4.79 Å². The van der Waals surface area contributed by atoms with E-state index in [0.717, 1.165) is 12.8 Å². The summed E-state index contributed by atoms with van der Waals surface area (Å²) in [5.41, 5.74) is 6.91. The van der Waals surface area contributed by atoms with Crippen molar-refractivity contribution < 1.29 is 9.53 Å². The Morgan fingerprint density at radius 2 is 1.69 bits per heavy atom. The minimum atomic E-state index is -0.303. The Balaban J connectivity index is 1.48. The van der Waals surface area contributed by atoms with Crippen LogP contribution in [0.1, 0.15) is 46.8 Å². The first-order chi connectivity index (χ1) is 12.7. The molecule has 0 N–H and O–H groups in total. The van der Waals surface area contributed by atoms with Gasteiger partial charge in [-0.1, -0.05) is 55.8 Å². The molecule has 0 saturated carbocycles. The molecular weight excluding hydrogens is 320 g/mol. The molecule has 0 heterocycles. The van der Waals surface area contributed by atoms with Crippen molar-refractivity contribution in [3.05, 3.63) is 89.0 Å². The van der Waals surface area contributed by atoms with Gasteiger partial charge >= 0.3 is 5.97 Å². The predicted octanol–water partition coefficient (Wildman–Crippen LogP) is 5.82. The van der Waals surface area contributed by atoms with E-state index in [-0.39, 0.29) is 5.97 Å². The molecule has 0 spiro atoms. The van der Waals surface area contributed by atoms with E-state index >= 15 is 0 Å². The molecule has 0 atom stereocenters. The van der Waals surface area contributed by atoms with Gasteiger partial charge in [0, 0.05) is 0 Å². The lowest BCUT2D eigenvalue weighted by Gasteiger charge is -2.07. The third-order valence-electron chi connectivity index (χ3n) is 4.98. The van der Waals surface area contributed by atoms with E-state index in [2.05, 4.69) is 37.3 Å². The van der Waals surface area contributed by atoms with E-state index in [1.54, 1.807) is 0 Å². The quantitative estimate of drug-likeness (QED) is 0.337. The van der Waals surface area contributed by atoms with E-state index in [1.807, 2.05) is 36.4 Å². The van der Waals surface area contributed by atoms with Gasteiger partial charge in [0.05, 0.1) is 5.56 Å². The third-order valence-corrected chi connectivity index (χ3v) is 4.98. The molecule has 0 radical (unpaired) electrons. The van der Waals surface area contributed by atoms with Gasteiger partial charge in [-0.3, -0.25) is 0 Å². The number of benzene rings is 3. The molecule has 0 aromatic heterocycles. The SMILES string of the molecule is CCCCc1ccc(C(=O)Oc2ccc3c(c2)Cc2ccccc2-3)cc1. The molecule has 0 bridgehead atoms. The number of fused-ring (bicyclic) bond motifs is 3. The van der Waals surface area contributed by atoms with Crippen molar-refractivity contribution >= 4 is 5.97 Å². The van der Waals surface area contributed by atoms with E-state index in [0.29, 0.717) is 11.3 Å². The zero-order valence-electron chi connectivity index (χ0n) is 15.0. The maximum atomic E-state index is 12.4. The van der Waals surface area contributed by atoms with Crippen molar-refractivity contribution in [2.24, 2.45) is 0 Å². The van der Waals surface area contributed by atoms with Crippen molar-refractivity contribution in [1.82, 2.24) is 0 Å². The summed E-state index contributed by atoms with van der Waals surface area (Å²) in [4.78, 5) is 12.4. The molecule has 2 heteroatoms. The lowest BCUT2D eigenvalue weighted by molar-refractivity contribution is 0.0734. The molecule has 0 saturated heterocycles. The van der Waals surface area contributed by atoms with Crippen LogP contribution in [0.25, 0.3) is 11.1 Å². The molecule has 130 valence electrons. The lowest BCUT2D eigenvalue weighted by Crippen LogP contribution is -2.08. The van der Waals surface area contributed by atoms with Gasteiger partial charge in [-0.05, 0) is 71.3 Å². The Bertz CT molecular complexity index is 939. The largest absolute Gasteiger partial charge is 0.423 e. The fourth-order valence-electron chi connectivity index (χ4n) is 3.54. The molecule has 0 unspecified atom stereocenters. The van der Waals surface area contributed by atoms with Crippen LogP contribution in [0, 0.1) is 0 Å². The van der Waals surface area contributed by atoms with Gasteiger partial charge in [0.15, 0.2) is 0 Å². The minimum absolute atomic E-state index is 0.303. The summed E-state index contributed by atoms with van der Waals surface area (Å²) in [5, 5.41) is 0. The van der Waals surface area contributed by atoms with Crippen LogP contribution in [0.15, 0.2) is 66.7 Å². The summed E-state index contributed by atoms with van der Waals surface area (Å²) < 4.78 is 5.61. The second-order valence-electron chi connectivity index (χ2n) is 6.84. The zero-order valence-corrected chi connectivity index (χ0v) is 15.0. The number of hydrogen-bond acceptors (Lipinski definition) is 2. The Labute approximate surface area is 154 Å². The first-order valence-electron chi connectivity index (χ1n) is 9.27. The number of hydrogen-bond donors (Lipinski definition) is 0. The van der Waals surface area contributed by atoms with Crippen molar-refractivity contribution in [2.75, 3.05) is 0 Å². The molecule has 4 rings (SSSR count). The van der Waals surface area contributed by atoms with Crippen LogP contribution in [-0.2, 0) is 12.8 Å². The summed E-state index contributed by atoms with van der Waals surface area (Å²) in [5.74, 6) is 0.305. The Hall–Kier alpha value is -2.87. The molecule has 1 aliphatic rings. The van der Waals surface area contributed by atoms with E-state index in [9.17, 15) is 4.79 Å².